The summed E-state index contributed by atoms with van der Waals surface area (Å²) in [6.45, 7) is 5.85. The number of rotatable bonds is 1. The van der Waals surface area contributed by atoms with Crippen molar-refractivity contribution < 1.29 is 29.3 Å². The zero-order chi connectivity index (χ0) is 18.7. The number of aliphatic hydroxyl groups excluding tert-OH is 1. The summed E-state index contributed by atoms with van der Waals surface area (Å²) in [6.07, 6.45) is 2.51. The van der Waals surface area contributed by atoms with Crippen LogP contribution in [0.25, 0.3) is 0 Å². The van der Waals surface area contributed by atoms with Crippen LogP contribution in [-0.4, -0.2) is 46.6 Å². The number of hydrogen-bond acceptors (Lipinski definition) is 6. The van der Waals surface area contributed by atoms with Crippen molar-refractivity contribution in [1.82, 2.24) is 0 Å². The molecule has 4 aliphatic carbocycles. The van der Waals surface area contributed by atoms with Crippen LogP contribution in [0.2, 0.25) is 0 Å². The maximum absolute atomic E-state index is 13.0. The summed E-state index contributed by atoms with van der Waals surface area (Å²) in [4.78, 5) is 25.9. The first-order valence-corrected chi connectivity index (χ1v) is 9.56. The second-order valence-electron chi connectivity index (χ2n) is 9.47. The van der Waals surface area contributed by atoms with Crippen LogP contribution in [0.1, 0.15) is 45.4 Å². The molecule has 0 aromatic carbocycles. The van der Waals surface area contributed by atoms with Gasteiger partial charge < -0.3 is 19.7 Å². The number of carbonyl (C=O) groups excluding carboxylic acids is 2. The van der Waals surface area contributed by atoms with Gasteiger partial charge in [0.05, 0.1) is 30.1 Å². The van der Waals surface area contributed by atoms with Gasteiger partial charge in [-0.3, -0.25) is 9.59 Å². The van der Waals surface area contributed by atoms with Crippen molar-refractivity contribution in [1.29, 1.82) is 0 Å². The van der Waals surface area contributed by atoms with E-state index in [9.17, 15) is 19.8 Å². The molecule has 6 nitrogen and oxygen atoms in total. The zero-order valence-corrected chi connectivity index (χ0v) is 15.3. The molecule has 0 aromatic heterocycles. The molecule has 4 saturated carbocycles. The molecule has 8 atom stereocenters. The molecule has 0 amide bonds. The molecule has 0 aromatic rings. The van der Waals surface area contributed by atoms with E-state index < -0.39 is 45.9 Å². The molecule has 1 heterocycles. The Morgan fingerprint density at radius 3 is 2.77 bits per heavy atom. The quantitative estimate of drug-likeness (QED) is 0.540. The zero-order valence-electron chi connectivity index (χ0n) is 15.3. The van der Waals surface area contributed by atoms with E-state index in [1.54, 1.807) is 6.92 Å². The number of carbonyl (C=O) groups is 2. The standard InChI is InChI=1S/C20H26O6/c1-10-8-18-9-19(10,24)6-4-11(18)20-7-5-12(21)17(2,16(23)26-20)14(20)13(18)15(22)25-3/h11-14,21,24H,1,4-9H2,2-3H3/t11-,12+,13-,14-,17+,18+,19+,20-/m1/s1. The highest BCUT2D eigenvalue weighted by Gasteiger charge is 2.84. The van der Waals surface area contributed by atoms with Crippen molar-refractivity contribution in [2.45, 2.75) is 62.8 Å². The van der Waals surface area contributed by atoms with E-state index in [1.807, 2.05) is 0 Å². The van der Waals surface area contributed by atoms with E-state index in [0.29, 0.717) is 38.5 Å². The Morgan fingerprint density at radius 1 is 1.35 bits per heavy atom. The Morgan fingerprint density at radius 2 is 2.08 bits per heavy atom. The van der Waals surface area contributed by atoms with Crippen molar-refractivity contribution >= 4 is 11.9 Å². The van der Waals surface area contributed by atoms with Gasteiger partial charge in [-0.25, -0.2) is 0 Å². The van der Waals surface area contributed by atoms with E-state index in [-0.39, 0.29) is 11.9 Å². The van der Waals surface area contributed by atoms with Crippen molar-refractivity contribution in [2.24, 2.45) is 28.6 Å². The molecule has 1 spiro atoms. The number of ether oxygens (including phenoxy) is 2. The van der Waals surface area contributed by atoms with Crippen LogP contribution in [0.5, 0.6) is 0 Å². The fourth-order valence-corrected chi connectivity index (χ4v) is 7.76. The largest absolute Gasteiger partial charge is 0.469 e. The molecule has 5 rings (SSSR count). The molecule has 5 fully saturated rings. The summed E-state index contributed by atoms with van der Waals surface area (Å²) in [5, 5.41) is 21.8. The minimum Gasteiger partial charge on any atom is -0.469 e. The summed E-state index contributed by atoms with van der Waals surface area (Å²) < 4.78 is 11.2. The molecule has 5 aliphatic rings. The lowest BCUT2D eigenvalue weighted by Crippen LogP contribution is -2.53. The van der Waals surface area contributed by atoms with Gasteiger partial charge in [0, 0.05) is 11.8 Å². The lowest BCUT2D eigenvalue weighted by molar-refractivity contribution is -0.165. The fourth-order valence-electron chi connectivity index (χ4n) is 7.76. The number of aliphatic hydroxyl groups is 2. The molecular formula is C20H26O6. The van der Waals surface area contributed by atoms with Crippen molar-refractivity contribution in [3.63, 3.8) is 0 Å². The molecule has 26 heavy (non-hydrogen) atoms. The molecule has 1 saturated heterocycles. The monoisotopic (exact) mass is 362 g/mol. The van der Waals surface area contributed by atoms with Crippen LogP contribution >= 0.6 is 0 Å². The van der Waals surface area contributed by atoms with E-state index in [2.05, 4.69) is 6.58 Å². The third kappa shape index (κ3) is 1.47. The molecule has 0 radical (unpaired) electrons. The fraction of sp³-hybridized carbons (Fsp3) is 0.800. The third-order valence-electron chi connectivity index (χ3n) is 8.76. The predicted molar refractivity (Wildman–Crippen MR) is 89.6 cm³/mol. The van der Waals surface area contributed by atoms with Crippen LogP contribution in [0.3, 0.4) is 0 Å². The van der Waals surface area contributed by atoms with Crippen molar-refractivity contribution in [3.8, 4) is 0 Å². The SMILES string of the molecule is C=C1C[C@]23C[C@@]1(O)CC[C@H]2[C@@]12CC[C@H](O)[C@](C)(C(=O)O1)[C@H]2[C@@H]3C(=O)OC. The highest BCUT2D eigenvalue weighted by atomic mass is 16.6. The predicted octanol–water partition coefficient (Wildman–Crippen LogP) is 1.34. The van der Waals surface area contributed by atoms with Gasteiger partial charge in [0.15, 0.2) is 0 Å². The normalized spacial score (nSPS) is 56.8. The van der Waals surface area contributed by atoms with Gasteiger partial charge in [0.2, 0.25) is 0 Å². The van der Waals surface area contributed by atoms with Crippen LogP contribution < -0.4 is 0 Å². The van der Waals surface area contributed by atoms with Crippen LogP contribution in [0.4, 0.5) is 0 Å². The van der Waals surface area contributed by atoms with Crippen LogP contribution in [0.15, 0.2) is 12.2 Å². The minimum absolute atomic E-state index is 0.0121. The highest BCUT2D eigenvalue weighted by molar-refractivity contribution is 5.85. The average molecular weight is 362 g/mol. The molecule has 6 heteroatoms. The molecule has 2 N–H and O–H groups in total. The Bertz CT molecular complexity index is 747. The first kappa shape index (κ1) is 16.8. The van der Waals surface area contributed by atoms with Crippen LogP contribution in [-0.2, 0) is 19.1 Å². The third-order valence-corrected chi connectivity index (χ3v) is 8.76. The van der Waals surface area contributed by atoms with E-state index in [4.69, 9.17) is 9.47 Å². The summed E-state index contributed by atoms with van der Waals surface area (Å²) >= 11 is 0. The van der Waals surface area contributed by atoms with Crippen molar-refractivity contribution in [2.75, 3.05) is 7.11 Å². The highest BCUT2D eigenvalue weighted by Crippen LogP contribution is 2.78. The summed E-state index contributed by atoms with van der Waals surface area (Å²) in [7, 11) is 1.37. The lowest BCUT2D eigenvalue weighted by atomic mass is 9.59. The van der Waals surface area contributed by atoms with E-state index >= 15 is 0 Å². The molecular weight excluding hydrogens is 336 g/mol. The van der Waals surface area contributed by atoms with E-state index in [1.165, 1.54) is 7.11 Å². The Hall–Kier alpha value is -1.40. The Balaban J connectivity index is 1.75. The molecule has 142 valence electrons. The number of esters is 2. The van der Waals surface area contributed by atoms with Crippen LogP contribution in [0, 0.1) is 28.6 Å². The minimum atomic E-state index is -1.11. The first-order chi connectivity index (χ1) is 12.2. The van der Waals surface area contributed by atoms with Gasteiger partial charge in [-0.05, 0) is 56.4 Å². The maximum atomic E-state index is 13.0. The topological polar surface area (TPSA) is 93.1 Å². The van der Waals surface area contributed by atoms with Gasteiger partial charge in [0.1, 0.15) is 5.60 Å². The number of hydrogen-bond donors (Lipinski definition) is 2. The van der Waals surface area contributed by atoms with Gasteiger partial charge in [0.25, 0.3) is 0 Å². The Labute approximate surface area is 152 Å². The second-order valence-corrected chi connectivity index (χ2v) is 9.47. The number of fused-ring (bicyclic) bond motifs is 1. The molecule has 0 unspecified atom stereocenters. The second kappa shape index (κ2) is 4.53. The Kier molecular flexibility index (Phi) is 2.92. The van der Waals surface area contributed by atoms with Gasteiger partial charge in [-0.1, -0.05) is 6.58 Å². The lowest BCUT2D eigenvalue weighted by Gasteiger charge is -2.45. The molecule has 4 bridgehead atoms. The summed E-state index contributed by atoms with van der Waals surface area (Å²) in [5.41, 5.74) is -2.53. The van der Waals surface area contributed by atoms with Gasteiger partial charge >= 0.3 is 11.9 Å². The number of methoxy groups -OCH3 is 1. The summed E-state index contributed by atoms with van der Waals surface area (Å²) in [5.74, 6) is -1.76. The van der Waals surface area contributed by atoms with Gasteiger partial charge in [-0.15, -0.1) is 0 Å². The first-order valence-electron chi connectivity index (χ1n) is 9.56. The maximum Gasteiger partial charge on any atom is 0.315 e. The average Bonchev–Trinajstić information content (AvgIpc) is 3.02. The molecule has 1 aliphatic heterocycles. The van der Waals surface area contributed by atoms with Gasteiger partial charge in [-0.2, -0.15) is 0 Å². The summed E-state index contributed by atoms with van der Waals surface area (Å²) in [6, 6.07) is 0. The van der Waals surface area contributed by atoms with Crippen molar-refractivity contribution in [3.05, 3.63) is 12.2 Å². The van der Waals surface area contributed by atoms with E-state index in [0.717, 1.165) is 5.57 Å². The smallest absolute Gasteiger partial charge is 0.315 e.